The Hall–Kier alpha value is -1.38. The minimum Gasteiger partial charge on any atom is -0.334 e. The lowest BCUT2D eigenvalue weighted by Crippen LogP contribution is -2.69. The highest BCUT2D eigenvalue weighted by atomic mass is 16.2. The van der Waals surface area contributed by atoms with Crippen LogP contribution in [0.15, 0.2) is 18.5 Å². The summed E-state index contributed by atoms with van der Waals surface area (Å²) in [5.41, 5.74) is 2.44. The predicted octanol–water partition coefficient (Wildman–Crippen LogP) is 3.05. The fraction of sp³-hybridized carbons (Fsp3) is 0.647. The van der Waals surface area contributed by atoms with E-state index in [1.54, 1.807) is 6.20 Å². The zero-order valence-corrected chi connectivity index (χ0v) is 12.1. The molecule has 3 heteroatoms. The molecule has 0 radical (unpaired) electrons. The van der Waals surface area contributed by atoms with Gasteiger partial charge in [0.25, 0.3) is 5.91 Å². The van der Waals surface area contributed by atoms with E-state index in [4.69, 9.17) is 0 Å². The van der Waals surface area contributed by atoms with Gasteiger partial charge < -0.3 is 4.90 Å². The van der Waals surface area contributed by atoms with Crippen LogP contribution in [-0.2, 0) is 6.42 Å². The van der Waals surface area contributed by atoms with Gasteiger partial charge in [-0.3, -0.25) is 9.78 Å². The molecule has 2 aliphatic carbocycles. The molecule has 0 N–H and O–H groups in total. The van der Waals surface area contributed by atoms with Crippen molar-refractivity contribution < 1.29 is 4.79 Å². The quantitative estimate of drug-likeness (QED) is 0.845. The molecule has 1 atom stereocenters. The van der Waals surface area contributed by atoms with Crippen LogP contribution < -0.4 is 0 Å². The van der Waals surface area contributed by atoms with Crippen molar-refractivity contribution in [2.45, 2.75) is 51.5 Å². The average molecular weight is 270 g/mol. The number of aromatic nitrogens is 1. The third-order valence-electron chi connectivity index (χ3n) is 5.58. The number of carbonyl (C=O) groups excluding carboxylic acids is 1. The fourth-order valence-electron chi connectivity index (χ4n) is 4.16. The smallest absolute Gasteiger partial charge is 0.255 e. The maximum Gasteiger partial charge on any atom is 0.255 e. The molecule has 0 bridgehead atoms. The summed E-state index contributed by atoms with van der Waals surface area (Å²) in [5.74, 6) is 0.998. The minimum absolute atomic E-state index is 0.210. The number of carbonyl (C=O) groups is 1. The molecule has 3 nitrogen and oxygen atoms in total. The summed E-state index contributed by atoms with van der Waals surface area (Å²) < 4.78 is 0. The van der Waals surface area contributed by atoms with Crippen LogP contribution in [0.2, 0.25) is 0 Å². The Morgan fingerprint density at radius 1 is 1.40 bits per heavy atom. The molecule has 106 valence electrons. The summed E-state index contributed by atoms with van der Waals surface area (Å²) in [5, 5.41) is 0. The first kappa shape index (κ1) is 12.4. The molecule has 1 unspecified atom stereocenters. The Kier molecular flexibility index (Phi) is 2.66. The molecular formula is C17H22N2O. The second-order valence-electron chi connectivity index (χ2n) is 6.87. The van der Waals surface area contributed by atoms with Crippen molar-refractivity contribution in [3.8, 4) is 0 Å². The van der Waals surface area contributed by atoms with Crippen molar-refractivity contribution in [1.82, 2.24) is 9.88 Å². The second-order valence-corrected chi connectivity index (χ2v) is 6.87. The first-order valence-corrected chi connectivity index (χ1v) is 7.98. The first-order chi connectivity index (χ1) is 9.73. The van der Waals surface area contributed by atoms with Crippen molar-refractivity contribution in [2.24, 2.45) is 11.3 Å². The van der Waals surface area contributed by atoms with Gasteiger partial charge in [0.15, 0.2) is 0 Å². The molecule has 3 aliphatic rings. The molecule has 3 fully saturated rings. The third-order valence-corrected chi connectivity index (χ3v) is 5.58. The average Bonchev–Trinajstić information content (AvgIpc) is 3.20. The van der Waals surface area contributed by atoms with Crippen LogP contribution in [0.25, 0.3) is 0 Å². The molecule has 4 rings (SSSR count). The molecule has 1 amide bonds. The monoisotopic (exact) mass is 270 g/mol. The number of hydrogen-bond donors (Lipinski definition) is 0. The summed E-state index contributed by atoms with van der Waals surface area (Å²) in [6, 6.07) is 2.56. The number of hydrogen-bond acceptors (Lipinski definition) is 2. The maximum atomic E-state index is 12.8. The largest absolute Gasteiger partial charge is 0.334 e. The van der Waals surface area contributed by atoms with Gasteiger partial charge >= 0.3 is 0 Å². The third kappa shape index (κ3) is 1.72. The molecule has 1 saturated heterocycles. The van der Waals surface area contributed by atoms with E-state index in [2.05, 4.69) is 16.8 Å². The van der Waals surface area contributed by atoms with E-state index in [0.29, 0.717) is 11.5 Å². The van der Waals surface area contributed by atoms with Crippen molar-refractivity contribution in [3.05, 3.63) is 29.6 Å². The van der Waals surface area contributed by atoms with Crippen LogP contribution >= 0.6 is 0 Å². The topological polar surface area (TPSA) is 33.2 Å². The summed E-state index contributed by atoms with van der Waals surface area (Å²) in [6.07, 6.45) is 11.2. The summed E-state index contributed by atoms with van der Waals surface area (Å²) >= 11 is 0. The Bertz CT molecular complexity index is 546. The number of pyridine rings is 1. The predicted molar refractivity (Wildman–Crippen MR) is 77.4 cm³/mol. The van der Waals surface area contributed by atoms with E-state index in [9.17, 15) is 4.79 Å². The number of likely N-dealkylation sites (tertiary alicyclic amines) is 1. The summed E-state index contributed by atoms with van der Waals surface area (Å²) in [6.45, 7) is 3.09. The zero-order valence-electron chi connectivity index (χ0n) is 12.1. The van der Waals surface area contributed by atoms with Crippen LogP contribution in [0.1, 0.15) is 54.9 Å². The SMILES string of the molecule is CCc1cncc(C(=O)N2CC3(CCC3)C2C2CC2)c1. The highest BCUT2D eigenvalue weighted by Crippen LogP contribution is 2.59. The van der Waals surface area contributed by atoms with Crippen LogP contribution in [0.4, 0.5) is 0 Å². The Labute approximate surface area is 120 Å². The van der Waals surface area contributed by atoms with E-state index in [1.807, 2.05) is 12.3 Å². The molecular weight excluding hydrogens is 248 g/mol. The fourth-order valence-corrected chi connectivity index (χ4v) is 4.16. The van der Waals surface area contributed by atoms with Crippen LogP contribution in [0.3, 0.4) is 0 Å². The van der Waals surface area contributed by atoms with Gasteiger partial charge in [0.05, 0.1) is 5.56 Å². The normalized spacial score (nSPS) is 27.1. The lowest BCUT2D eigenvalue weighted by Gasteiger charge is -2.63. The van der Waals surface area contributed by atoms with E-state index >= 15 is 0 Å². The van der Waals surface area contributed by atoms with E-state index in [1.165, 1.54) is 32.1 Å². The number of rotatable bonds is 3. The van der Waals surface area contributed by atoms with E-state index < -0.39 is 0 Å². The Morgan fingerprint density at radius 2 is 2.20 bits per heavy atom. The minimum atomic E-state index is 0.210. The lowest BCUT2D eigenvalue weighted by molar-refractivity contribution is -0.111. The standard InChI is InChI=1S/C17H22N2O/c1-2-12-8-14(10-18-9-12)16(20)19-11-17(6-3-7-17)15(19)13-4-5-13/h8-10,13,15H,2-7,11H2,1H3. The van der Waals surface area contributed by atoms with Gasteiger partial charge in [-0.1, -0.05) is 13.3 Å². The molecule has 20 heavy (non-hydrogen) atoms. The summed E-state index contributed by atoms with van der Waals surface area (Å²) in [4.78, 5) is 19.1. The summed E-state index contributed by atoms with van der Waals surface area (Å²) in [7, 11) is 0. The number of amides is 1. The van der Waals surface area contributed by atoms with Gasteiger partial charge in [-0.2, -0.15) is 0 Å². The molecule has 0 aromatic carbocycles. The van der Waals surface area contributed by atoms with Crippen LogP contribution in [-0.4, -0.2) is 28.4 Å². The first-order valence-electron chi connectivity index (χ1n) is 7.98. The molecule has 1 spiro atoms. The van der Waals surface area contributed by atoms with Crippen LogP contribution in [0, 0.1) is 11.3 Å². The maximum absolute atomic E-state index is 12.8. The second kappa shape index (κ2) is 4.31. The van der Waals surface area contributed by atoms with Gasteiger partial charge in [0.2, 0.25) is 0 Å². The van der Waals surface area contributed by atoms with Crippen molar-refractivity contribution in [2.75, 3.05) is 6.54 Å². The van der Waals surface area contributed by atoms with E-state index in [-0.39, 0.29) is 5.91 Å². The van der Waals surface area contributed by atoms with Crippen LogP contribution in [0.5, 0.6) is 0 Å². The molecule has 1 aliphatic heterocycles. The van der Waals surface area contributed by atoms with Gasteiger partial charge in [-0.15, -0.1) is 0 Å². The van der Waals surface area contributed by atoms with Crippen molar-refractivity contribution in [1.29, 1.82) is 0 Å². The van der Waals surface area contributed by atoms with Gasteiger partial charge in [-0.05, 0) is 49.7 Å². The van der Waals surface area contributed by atoms with Crippen molar-refractivity contribution >= 4 is 5.91 Å². The number of nitrogens with zero attached hydrogens (tertiary/aromatic N) is 2. The van der Waals surface area contributed by atoms with Gasteiger partial charge in [0, 0.05) is 30.4 Å². The molecule has 1 aromatic rings. The zero-order chi connectivity index (χ0) is 13.7. The van der Waals surface area contributed by atoms with Crippen molar-refractivity contribution in [3.63, 3.8) is 0 Å². The van der Waals surface area contributed by atoms with Gasteiger partial charge in [-0.25, -0.2) is 0 Å². The molecule has 2 saturated carbocycles. The molecule has 1 aromatic heterocycles. The number of aryl methyl sites for hydroxylation is 1. The Morgan fingerprint density at radius 3 is 2.80 bits per heavy atom. The Balaban J connectivity index is 1.56. The van der Waals surface area contributed by atoms with E-state index in [0.717, 1.165) is 30.0 Å². The highest BCUT2D eigenvalue weighted by molar-refractivity contribution is 5.95. The molecule has 2 heterocycles. The van der Waals surface area contributed by atoms with Gasteiger partial charge in [0.1, 0.15) is 0 Å². The highest BCUT2D eigenvalue weighted by Gasteiger charge is 2.61. The lowest BCUT2D eigenvalue weighted by atomic mass is 9.56.